The Labute approximate surface area is 138 Å². The van der Waals surface area contributed by atoms with Gasteiger partial charge < -0.3 is 4.74 Å². The second kappa shape index (κ2) is 6.91. The molecule has 0 N–H and O–H groups in total. The summed E-state index contributed by atoms with van der Waals surface area (Å²) in [7, 11) is 0. The smallest absolute Gasteiger partial charge is 0.119 e. The van der Waals surface area contributed by atoms with E-state index < -0.39 is 0 Å². The van der Waals surface area contributed by atoms with Crippen LogP contribution >= 0.6 is 47.8 Å². The highest BCUT2D eigenvalue weighted by atomic mass is 79.9. The molecule has 4 heteroatoms. The average Bonchev–Trinajstić information content (AvgIpc) is 2.39. The van der Waals surface area contributed by atoms with Crippen molar-refractivity contribution in [3.63, 3.8) is 0 Å². The van der Waals surface area contributed by atoms with Crippen LogP contribution in [0.5, 0.6) is 5.75 Å². The third-order valence-corrected chi connectivity index (χ3v) is 4.92. The molecule has 0 amide bonds. The van der Waals surface area contributed by atoms with Crippen LogP contribution in [0.3, 0.4) is 0 Å². The molecule has 0 radical (unpaired) electrons. The molecule has 0 aliphatic carbocycles. The van der Waals surface area contributed by atoms with Gasteiger partial charge in [0.15, 0.2) is 0 Å². The van der Waals surface area contributed by atoms with E-state index in [0.717, 1.165) is 14.7 Å². The van der Waals surface area contributed by atoms with Gasteiger partial charge in [0.05, 0.1) is 11.4 Å². The van der Waals surface area contributed by atoms with Crippen molar-refractivity contribution in [3.05, 3.63) is 62.5 Å². The first kappa shape index (κ1) is 15.1. The van der Waals surface area contributed by atoms with E-state index in [4.69, 9.17) is 4.74 Å². The van der Waals surface area contributed by atoms with E-state index in [1.165, 1.54) is 11.1 Å². The highest BCUT2D eigenvalue weighted by Gasteiger charge is 2.13. The van der Waals surface area contributed by atoms with Gasteiger partial charge in [-0.1, -0.05) is 66.0 Å². The summed E-state index contributed by atoms with van der Waals surface area (Å²) in [4.78, 5) is 0.158. The van der Waals surface area contributed by atoms with E-state index in [1.807, 2.05) is 25.1 Å². The first-order valence-electron chi connectivity index (χ1n) is 5.93. The van der Waals surface area contributed by atoms with Crippen LogP contribution in [-0.4, -0.2) is 6.61 Å². The first-order valence-corrected chi connectivity index (χ1v) is 8.43. The van der Waals surface area contributed by atoms with Gasteiger partial charge in [0.25, 0.3) is 0 Å². The molecule has 0 spiro atoms. The molecular weight excluding hydrogens is 436 g/mol. The second-order valence-electron chi connectivity index (χ2n) is 4.03. The highest BCUT2D eigenvalue weighted by Crippen LogP contribution is 2.37. The summed E-state index contributed by atoms with van der Waals surface area (Å²) < 4.78 is 7.60. The van der Waals surface area contributed by atoms with Crippen LogP contribution in [0.4, 0.5) is 0 Å². The van der Waals surface area contributed by atoms with Crippen molar-refractivity contribution in [1.82, 2.24) is 0 Å². The SMILES string of the molecule is CCOc1ccc(C(Br)c2ccc(Br)cc2Br)cc1. The van der Waals surface area contributed by atoms with Crippen LogP contribution in [0.2, 0.25) is 0 Å². The Balaban J connectivity index is 2.25. The molecule has 0 aromatic heterocycles. The van der Waals surface area contributed by atoms with Gasteiger partial charge in [-0.15, -0.1) is 0 Å². The van der Waals surface area contributed by atoms with Crippen molar-refractivity contribution >= 4 is 47.8 Å². The van der Waals surface area contributed by atoms with Gasteiger partial charge in [-0.05, 0) is 42.3 Å². The topological polar surface area (TPSA) is 9.23 Å². The number of halogens is 3. The van der Waals surface area contributed by atoms with E-state index >= 15 is 0 Å². The molecule has 2 aromatic carbocycles. The molecule has 0 saturated carbocycles. The molecule has 100 valence electrons. The fraction of sp³-hybridized carbons (Fsp3) is 0.200. The van der Waals surface area contributed by atoms with E-state index in [0.29, 0.717) is 6.61 Å². The van der Waals surface area contributed by atoms with E-state index in [-0.39, 0.29) is 4.83 Å². The van der Waals surface area contributed by atoms with Crippen LogP contribution in [-0.2, 0) is 0 Å². The molecular formula is C15H13Br3O. The van der Waals surface area contributed by atoms with Crippen molar-refractivity contribution in [2.45, 2.75) is 11.8 Å². The molecule has 0 bridgehead atoms. The van der Waals surface area contributed by atoms with Crippen LogP contribution < -0.4 is 4.74 Å². The maximum Gasteiger partial charge on any atom is 0.119 e. The lowest BCUT2D eigenvalue weighted by Gasteiger charge is -2.13. The van der Waals surface area contributed by atoms with Crippen molar-refractivity contribution < 1.29 is 4.74 Å². The minimum Gasteiger partial charge on any atom is -0.494 e. The van der Waals surface area contributed by atoms with Gasteiger partial charge in [0.1, 0.15) is 5.75 Å². The van der Waals surface area contributed by atoms with Gasteiger partial charge in [-0.3, -0.25) is 0 Å². The molecule has 0 fully saturated rings. The summed E-state index contributed by atoms with van der Waals surface area (Å²) in [6.07, 6.45) is 0. The standard InChI is InChI=1S/C15H13Br3O/c1-2-19-12-6-3-10(4-7-12)15(18)13-8-5-11(16)9-14(13)17/h3-9,15H,2H2,1H3. The summed E-state index contributed by atoms with van der Waals surface area (Å²) >= 11 is 10.8. The van der Waals surface area contributed by atoms with Crippen molar-refractivity contribution in [1.29, 1.82) is 0 Å². The molecule has 2 aromatic rings. The lowest BCUT2D eigenvalue weighted by atomic mass is 10.0. The molecule has 0 aliphatic rings. The van der Waals surface area contributed by atoms with Crippen molar-refractivity contribution in [3.8, 4) is 5.75 Å². The minimum atomic E-state index is 0.158. The minimum absolute atomic E-state index is 0.158. The Morgan fingerprint density at radius 2 is 1.74 bits per heavy atom. The van der Waals surface area contributed by atoms with Crippen LogP contribution in [0.1, 0.15) is 22.9 Å². The third-order valence-electron chi connectivity index (χ3n) is 2.72. The Kier molecular flexibility index (Phi) is 5.48. The van der Waals surface area contributed by atoms with Crippen LogP contribution in [0, 0.1) is 0 Å². The molecule has 1 unspecified atom stereocenters. The zero-order valence-electron chi connectivity index (χ0n) is 10.4. The van der Waals surface area contributed by atoms with Crippen LogP contribution in [0.25, 0.3) is 0 Å². The maximum absolute atomic E-state index is 5.45. The van der Waals surface area contributed by atoms with Gasteiger partial charge in [-0.2, -0.15) is 0 Å². The quantitative estimate of drug-likeness (QED) is 0.514. The monoisotopic (exact) mass is 446 g/mol. The molecule has 2 rings (SSSR count). The number of rotatable bonds is 4. The normalized spacial score (nSPS) is 12.2. The molecule has 0 heterocycles. The highest BCUT2D eigenvalue weighted by molar-refractivity contribution is 9.11. The van der Waals surface area contributed by atoms with Gasteiger partial charge in [0, 0.05) is 8.95 Å². The fourth-order valence-electron chi connectivity index (χ4n) is 1.79. The molecule has 1 atom stereocenters. The average molecular weight is 449 g/mol. The number of alkyl halides is 1. The van der Waals surface area contributed by atoms with E-state index in [9.17, 15) is 0 Å². The van der Waals surface area contributed by atoms with Crippen molar-refractivity contribution in [2.24, 2.45) is 0 Å². The number of benzene rings is 2. The summed E-state index contributed by atoms with van der Waals surface area (Å²) in [6, 6.07) is 14.4. The predicted octanol–water partition coefficient (Wildman–Crippen LogP) is 6.09. The zero-order chi connectivity index (χ0) is 13.8. The summed E-state index contributed by atoms with van der Waals surface area (Å²) in [5.41, 5.74) is 2.40. The van der Waals surface area contributed by atoms with Gasteiger partial charge >= 0.3 is 0 Å². The van der Waals surface area contributed by atoms with Crippen molar-refractivity contribution in [2.75, 3.05) is 6.61 Å². The van der Waals surface area contributed by atoms with Crippen LogP contribution in [0.15, 0.2) is 51.4 Å². The predicted molar refractivity (Wildman–Crippen MR) is 90.2 cm³/mol. The van der Waals surface area contributed by atoms with Gasteiger partial charge in [0.2, 0.25) is 0 Å². The molecule has 19 heavy (non-hydrogen) atoms. The second-order valence-corrected chi connectivity index (χ2v) is 6.72. The van der Waals surface area contributed by atoms with E-state index in [2.05, 4.69) is 72.1 Å². The Hall–Kier alpha value is -0.320. The molecule has 0 saturated heterocycles. The Morgan fingerprint density at radius 3 is 2.32 bits per heavy atom. The number of hydrogen-bond donors (Lipinski definition) is 0. The maximum atomic E-state index is 5.45. The largest absolute Gasteiger partial charge is 0.494 e. The summed E-state index contributed by atoms with van der Waals surface area (Å²) in [6.45, 7) is 2.68. The molecule has 1 nitrogen and oxygen atoms in total. The summed E-state index contributed by atoms with van der Waals surface area (Å²) in [5, 5.41) is 0. The number of hydrogen-bond acceptors (Lipinski definition) is 1. The summed E-state index contributed by atoms with van der Waals surface area (Å²) in [5.74, 6) is 0.904. The molecule has 0 aliphatic heterocycles. The fourth-order valence-corrected chi connectivity index (χ4v) is 4.07. The number of ether oxygens (including phenoxy) is 1. The lowest BCUT2D eigenvalue weighted by molar-refractivity contribution is 0.340. The zero-order valence-corrected chi connectivity index (χ0v) is 15.1. The Morgan fingerprint density at radius 1 is 1.05 bits per heavy atom. The van der Waals surface area contributed by atoms with Gasteiger partial charge in [-0.25, -0.2) is 0 Å². The lowest BCUT2D eigenvalue weighted by Crippen LogP contribution is -1.95. The third kappa shape index (κ3) is 3.83. The van der Waals surface area contributed by atoms with E-state index in [1.54, 1.807) is 0 Å². The Bertz CT molecular complexity index is 552. The first-order chi connectivity index (χ1) is 9.11.